The highest BCUT2D eigenvalue weighted by molar-refractivity contribution is 5.96. The van der Waals surface area contributed by atoms with Gasteiger partial charge >= 0.3 is 11.2 Å². The summed E-state index contributed by atoms with van der Waals surface area (Å²) in [7, 11) is 1.46. The molecule has 3 aromatic rings. The predicted octanol–water partition coefficient (Wildman–Crippen LogP) is 4.76. The summed E-state index contributed by atoms with van der Waals surface area (Å²) in [5.74, 6) is 0.732. The quantitative estimate of drug-likeness (QED) is 0.423. The molecule has 0 saturated carbocycles. The number of piperidine rings is 1. The highest BCUT2D eigenvalue weighted by atomic mass is 19.1. The lowest BCUT2D eigenvalue weighted by Crippen LogP contribution is -2.39. The van der Waals surface area contributed by atoms with E-state index in [1.165, 1.54) is 35.4 Å². The van der Waals surface area contributed by atoms with Gasteiger partial charge in [0.05, 0.1) is 10.4 Å². The van der Waals surface area contributed by atoms with Crippen LogP contribution in [0.25, 0.3) is 10.9 Å². The molecule has 0 N–H and O–H groups in total. The van der Waals surface area contributed by atoms with Gasteiger partial charge in [-0.1, -0.05) is 26.0 Å². The molecular weight excluding hydrogens is 413 g/mol. The normalized spacial score (nSPS) is 14.8. The van der Waals surface area contributed by atoms with Gasteiger partial charge in [-0.05, 0) is 41.8 Å². The molecule has 7 nitrogen and oxygen atoms in total. The number of pyridine rings is 1. The number of ether oxygens (including phenoxy) is 1. The molecule has 0 unspecified atom stereocenters. The van der Waals surface area contributed by atoms with Crippen molar-refractivity contribution >= 4 is 22.3 Å². The Kier molecular flexibility index (Phi) is 5.86. The fourth-order valence-corrected chi connectivity index (χ4v) is 4.29. The molecule has 1 saturated heterocycles. The standard InChI is InChI=1S/C24H26FN3O4/c1-15(2)16-4-7-18(8-5-16)32-19-10-12-27(13-11-19)22-20-14-17(25)6-9-21(20)26(3)24(29)23(22)28(30)31/h4-9,14-15,19H,10-13H2,1-3H3. The molecule has 4 rings (SSSR count). The van der Waals surface area contributed by atoms with Gasteiger partial charge in [0.2, 0.25) is 0 Å². The number of aryl methyl sites for hydroxylation is 1. The third-order valence-corrected chi connectivity index (χ3v) is 6.10. The number of hydrogen-bond acceptors (Lipinski definition) is 5. The summed E-state index contributed by atoms with van der Waals surface area (Å²) in [4.78, 5) is 25.7. The van der Waals surface area contributed by atoms with Crippen LogP contribution in [0.3, 0.4) is 0 Å². The molecule has 1 fully saturated rings. The molecule has 2 aromatic carbocycles. The van der Waals surface area contributed by atoms with Gasteiger partial charge in [0.1, 0.15) is 23.4 Å². The second-order valence-corrected chi connectivity index (χ2v) is 8.51. The third-order valence-electron chi connectivity index (χ3n) is 6.10. The van der Waals surface area contributed by atoms with Crippen molar-refractivity contribution in [2.75, 3.05) is 18.0 Å². The number of hydrogen-bond donors (Lipinski definition) is 0. The van der Waals surface area contributed by atoms with E-state index in [0.717, 1.165) is 5.75 Å². The molecule has 0 amide bonds. The number of anilines is 1. The number of nitro groups is 1. The molecule has 2 heterocycles. The summed E-state index contributed by atoms with van der Waals surface area (Å²) in [6.45, 7) is 5.21. The predicted molar refractivity (Wildman–Crippen MR) is 122 cm³/mol. The molecule has 1 aliphatic rings. The van der Waals surface area contributed by atoms with E-state index in [4.69, 9.17) is 4.74 Å². The SMILES string of the molecule is CC(C)c1ccc(OC2CCN(c3c([N+](=O)[O-])c(=O)n(C)c4ccc(F)cc34)CC2)cc1. The monoisotopic (exact) mass is 439 g/mol. The van der Waals surface area contributed by atoms with Crippen LogP contribution in [0, 0.1) is 15.9 Å². The van der Waals surface area contributed by atoms with Gasteiger partial charge in [0, 0.05) is 38.4 Å². The molecule has 0 bridgehead atoms. The fourth-order valence-electron chi connectivity index (χ4n) is 4.29. The minimum atomic E-state index is -0.701. The van der Waals surface area contributed by atoms with Crippen LogP contribution < -0.4 is 15.2 Å². The largest absolute Gasteiger partial charge is 0.490 e. The van der Waals surface area contributed by atoms with Crippen molar-refractivity contribution in [1.29, 1.82) is 0 Å². The second kappa shape index (κ2) is 8.61. The number of nitrogens with zero attached hydrogens (tertiary/aromatic N) is 3. The van der Waals surface area contributed by atoms with Crippen LogP contribution in [-0.2, 0) is 7.05 Å². The maximum absolute atomic E-state index is 14.0. The zero-order valence-corrected chi connectivity index (χ0v) is 18.4. The maximum atomic E-state index is 14.0. The van der Waals surface area contributed by atoms with Gasteiger partial charge < -0.3 is 14.2 Å². The van der Waals surface area contributed by atoms with Gasteiger partial charge in [-0.2, -0.15) is 0 Å². The lowest BCUT2D eigenvalue weighted by Gasteiger charge is -2.34. The highest BCUT2D eigenvalue weighted by Crippen LogP contribution is 2.36. The molecule has 32 heavy (non-hydrogen) atoms. The Morgan fingerprint density at radius 3 is 2.38 bits per heavy atom. The lowest BCUT2D eigenvalue weighted by molar-refractivity contribution is -0.385. The van der Waals surface area contributed by atoms with Crippen LogP contribution in [0.2, 0.25) is 0 Å². The van der Waals surface area contributed by atoms with Crippen LogP contribution in [0.4, 0.5) is 15.8 Å². The number of rotatable bonds is 5. The summed E-state index contributed by atoms with van der Waals surface area (Å²) in [5.41, 5.74) is 0.666. The van der Waals surface area contributed by atoms with Crippen LogP contribution in [0.1, 0.15) is 38.2 Å². The molecule has 1 aliphatic heterocycles. The molecule has 168 valence electrons. The van der Waals surface area contributed by atoms with Crippen LogP contribution in [-0.4, -0.2) is 28.7 Å². The molecule has 8 heteroatoms. The first kappa shape index (κ1) is 21.8. The summed E-state index contributed by atoms with van der Waals surface area (Å²) in [5, 5.41) is 12.2. The van der Waals surface area contributed by atoms with E-state index < -0.39 is 22.0 Å². The van der Waals surface area contributed by atoms with Gasteiger partial charge in [0.15, 0.2) is 0 Å². The Hall–Kier alpha value is -3.42. The molecule has 1 aromatic heterocycles. The topological polar surface area (TPSA) is 77.6 Å². The first-order chi connectivity index (χ1) is 15.3. The third kappa shape index (κ3) is 4.04. The minimum Gasteiger partial charge on any atom is -0.490 e. The Bertz CT molecular complexity index is 1210. The van der Waals surface area contributed by atoms with Crippen molar-refractivity contribution in [2.24, 2.45) is 7.05 Å². The fraction of sp³-hybridized carbons (Fsp3) is 0.375. The summed E-state index contributed by atoms with van der Waals surface area (Å²) in [6.07, 6.45) is 1.23. The van der Waals surface area contributed by atoms with Crippen molar-refractivity contribution < 1.29 is 14.1 Å². The van der Waals surface area contributed by atoms with E-state index in [2.05, 4.69) is 26.0 Å². The molecule has 0 atom stereocenters. The number of aromatic nitrogens is 1. The van der Waals surface area contributed by atoms with Crippen LogP contribution >= 0.6 is 0 Å². The highest BCUT2D eigenvalue weighted by Gasteiger charge is 2.31. The zero-order chi connectivity index (χ0) is 23.0. The summed E-state index contributed by atoms with van der Waals surface area (Å²) in [6, 6.07) is 12.0. The van der Waals surface area contributed by atoms with Crippen molar-refractivity contribution in [1.82, 2.24) is 4.57 Å². The average molecular weight is 439 g/mol. The van der Waals surface area contributed by atoms with Crippen LogP contribution in [0.5, 0.6) is 5.75 Å². The zero-order valence-electron chi connectivity index (χ0n) is 18.4. The van der Waals surface area contributed by atoms with Gasteiger partial charge in [0.25, 0.3) is 0 Å². The van der Waals surface area contributed by atoms with Gasteiger partial charge in [-0.15, -0.1) is 0 Å². The van der Waals surface area contributed by atoms with E-state index in [1.54, 1.807) is 0 Å². The van der Waals surface area contributed by atoms with Crippen LogP contribution in [0.15, 0.2) is 47.3 Å². The Morgan fingerprint density at radius 2 is 1.78 bits per heavy atom. The Labute approximate surface area is 185 Å². The Morgan fingerprint density at radius 1 is 1.12 bits per heavy atom. The van der Waals surface area contributed by atoms with E-state index in [-0.39, 0.29) is 11.8 Å². The van der Waals surface area contributed by atoms with E-state index in [9.17, 15) is 19.3 Å². The van der Waals surface area contributed by atoms with Gasteiger partial charge in [-0.3, -0.25) is 14.9 Å². The first-order valence-corrected chi connectivity index (χ1v) is 10.7. The van der Waals surface area contributed by atoms with E-state index in [1.807, 2.05) is 17.0 Å². The van der Waals surface area contributed by atoms with Crippen molar-refractivity contribution in [3.8, 4) is 5.75 Å². The number of halogens is 1. The second-order valence-electron chi connectivity index (χ2n) is 8.51. The van der Waals surface area contributed by atoms with Crippen molar-refractivity contribution in [3.05, 3.63) is 74.3 Å². The number of fused-ring (bicyclic) bond motifs is 1. The molecular formula is C24H26FN3O4. The van der Waals surface area contributed by atoms with Crippen molar-refractivity contribution in [3.63, 3.8) is 0 Å². The molecule has 0 aliphatic carbocycles. The smallest absolute Gasteiger partial charge is 0.357 e. The molecule has 0 radical (unpaired) electrons. The van der Waals surface area contributed by atoms with E-state index >= 15 is 0 Å². The van der Waals surface area contributed by atoms with Crippen molar-refractivity contribution in [2.45, 2.75) is 38.7 Å². The summed E-state index contributed by atoms with van der Waals surface area (Å²) >= 11 is 0. The summed E-state index contributed by atoms with van der Waals surface area (Å²) < 4.78 is 21.4. The minimum absolute atomic E-state index is 0.0373. The Balaban J connectivity index is 1.60. The number of benzene rings is 2. The first-order valence-electron chi connectivity index (χ1n) is 10.7. The lowest BCUT2D eigenvalue weighted by atomic mass is 10.0. The molecule has 0 spiro atoms. The van der Waals surface area contributed by atoms with E-state index in [0.29, 0.717) is 42.8 Å². The maximum Gasteiger partial charge on any atom is 0.357 e. The van der Waals surface area contributed by atoms with Gasteiger partial charge in [-0.25, -0.2) is 4.39 Å². The average Bonchev–Trinajstić information content (AvgIpc) is 2.76.